The fourth-order valence-electron chi connectivity index (χ4n) is 4.99. The van der Waals surface area contributed by atoms with Crippen LogP contribution in [-0.2, 0) is 0 Å². The summed E-state index contributed by atoms with van der Waals surface area (Å²) in [6.45, 7) is 6.50. The van der Waals surface area contributed by atoms with Crippen LogP contribution in [0.2, 0.25) is 0 Å². The Morgan fingerprint density at radius 1 is 1.16 bits per heavy atom. The molecule has 168 valence electrons. The van der Waals surface area contributed by atoms with Crippen molar-refractivity contribution < 1.29 is 0 Å². The van der Waals surface area contributed by atoms with Crippen molar-refractivity contribution >= 4 is 17.0 Å². The van der Waals surface area contributed by atoms with E-state index in [1.165, 1.54) is 36.1 Å². The van der Waals surface area contributed by atoms with Gasteiger partial charge in [0.1, 0.15) is 17.0 Å². The predicted octanol–water partition coefficient (Wildman–Crippen LogP) is 5.26. The summed E-state index contributed by atoms with van der Waals surface area (Å²) < 4.78 is 1.83. The van der Waals surface area contributed by atoms with Crippen LogP contribution in [-0.4, -0.2) is 54.8 Å². The molecule has 4 aromatic heterocycles. The van der Waals surface area contributed by atoms with Gasteiger partial charge < -0.3 is 4.90 Å². The van der Waals surface area contributed by atoms with Crippen molar-refractivity contribution in [3.05, 3.63) is 40.8 Å². The molecule has 0 radical (unpaired) electrons. The van der Waals surface area contributed by atoms with Crippen LogP contribution in [0.1, 0.15) is 67.4 Å². The van der Waals surface area contributed by atoms with Crippen molar-refractivity contribution in [1.82, 2.24) is 34.7 Å². The fourth-order valence-corrected chi connectivity index (χ4v) is 6.08. The van der Waals surface area contributed by atoms with E-state index >= 15 is 0 Å². The molecule has 0 unspecified atom stereocenters. The Bertz CT molecular complexity index is 1220. The van der Waals surface area contributed by atoms with Crippen molar-refractivity contribution in [3.8, 4) is 22.0 Å². The lowest BCUT2D eigenvalue weighted by Gasteiger charge is -2.32. The molecule has 0 aliphatic heterocycles. The molecular weight excluding hydrogens is 418 g/mol. The molecule has 4 aromatic rings. The maximum absolute atomic E-state index is 4.82. The van der Waals surface area contributed by atoms with Crippen LogP contribution in [0.4, 0.5) is 0 Å². The van der Waals surface area contributed by atoms with Crippen LogP contribution >= 0.6 is 11.3 Å². The molecule has 32 heavy (non-hydrogen) atoms. The molecular formula is C24H31N7S. The number of hydrogen-bond donors (Lipinski definition) is 1. The molecule has 1 aliphatic carbocycles. The van der Waals surface area contributed by atoms with Crippen LogP contribution in [0.3, 0.4) is 0 Å². The summed E-state index contributed by atoms with van der Waals surface area (Å²) in [7, 11) is 4.39. The molecule has 1 aliphatic rings. The van der Waals surface area contributed by atoms with Gasteiger partial charge in [-0.25, -0.2) is 14.5 Å². The minimum atomic E-state index is 0.313. The molecule has 4 heterocycles. The van der Waals surface area contributed by atoms with Gasteiger partial charge in [0.2, 0.25) is 0 Å². The minimum absolute atomic E-state index is 0.313. The number of nitrogens with one attached hydrogen (secondary N) is 1. The topological polar surface area (TPSA) is 75.0 Å². The Hall–Kier alpha value is -2.58. The average molecular weight is 450 g/mol. The molecule has 1 N–H and O–H groups in total. The molecule has 7 nitrogen and oxygen atoms in total. The largest absolute Gasteiger partial charge is 0.306 e. The first kappa shape index (κ1) is 21.3. The third kappa shape index (κ3) is 3.75. The van der Waals surface area contributed by atoms with Crippen LogP contribution < -0.4 is 0 Å². The van der Waals surface area contributed by atoms with Gasteiger partial charge in [0.15, 0.2) is 5.65 Å². The quantitative estimate of drug-likeness (QED) is 0.450. The lowest BCUT2D eigenvalue weighted by atomic mass is 9.85. The number of aromatic amines is 1. The summed E-state index contributed by atoms with van der Waals surface area (Å²) in [5, 5.41) is 13.4. The smallest absolute Gasteiger partial charge is 0.158 e. The second kappa shape index (κ2) is 8.41. The van der Waals surface area contributed by atoms with Crippen LogP contribution in [0, 0.1) is 6.92 Å². The number of H-pyrrole nitrogens is 1. The van der Waals surface area contributed by atoms with Gasteiger partial charge >= 0.3 is 0 Å². The third-order valence-corrected chi connectivity index (χ3v) is 7.95. The van der Waals surface area contributed by atoms with Gasteiger partial charge in [-0.15, -0.1) is 11.3 Å². The fraction of sp³-hybridized carbons (Fsp3) is 0.500. The molecule has 8 heteroatoms. The molecule has 1 saturated carbocycles. The number of thiazole rings is 1. The molecule has 0 bridgehead atoms. The zero-order valence-corrected chi connectivity index (χ0v) is 20.3. The normalized spacial score (nSPS) is 19.5. The lowest BCUT2D eigenvalue weighted by Crippen LogP contribution is -2.31. The summed E-state index contributed by atoms with van der Waals surface area (Å²) in [4.78, 5) is 12.9. The Morgan fingerprint density at radius 3 is 2.66 bits per heavy atom. The van der Waals surface area contributed by atoms with Crippen molar-refractivity contribution in [2.24, 2.45) is 0 Å². The maximum atomic E-state index is 4.82. The predicted molar refractivity (Wildman–Crippen MR) is 129 cm³/mol. The number of fused-ring (bicyclic) bond motifs is 1. The number of rotatable bonds is 5. The highest BCUT2D eigenvalue weighted by Gasteiger charge is 2.27. The first-order chi connectivity index (χ1) is 15.4. The van der Waals surface area contributed by atoms with Crippen LogP contribution in [0.15, 0.2) is 24.8 Å². The molecule has 0 atom stereocenters. The monoisotopic (exact) mass is 449 g/mol. The number of hydrogen-bond acceptors (Lipinski definition) is 6. The Kier molecular flexibility index (Phi) is 5.59. The summed E-state index contributed by atoms with van der Waals surface area (Å²) in [5.74, 6) is 0.934. The van der Waals surface area contributed by atoms with E-state index < -0.39 is 0 Å². The van der Waals surface area contributed by atoms with Gasteiger partial charge in [0.25, 0.3) is 0 Å². The molecule has 1 fully saturated rings. The van der Waals surface area contributed by atoms with Gasteiger partial charge in [-0.2, -0.15) is 10.2 Å². The number of aryl methyl sites for hydroxylation is 1. The molecule has 0 amide bonds. The minimum Gasteiger partial charge on any atom is -0.306 e. The SMILES string of the molecule is Cc1cc(-c2[nH]nc(-c3ncc(C4CCC(N(C)C)CC4)s3)c2C(C)C)cn2ncnc12. The van der Waals surface area contributed by atoms with Crippen molar-refractivity contribution in [3.63, 3.8) is 0 Å². The van der Waals surface area contributed by atoms with E-state index in [0.717, 1.165) is 33.2 Å². The number of nitrogens with zero attached hydrogens (tertiary/aromatic N) is 6. The first-order valence-corrected chi connectivity index (χ1v) is 12.2. The molecule has 0 aromatic carbocycles. The summed E-state index contributed by atoms with van der Waals surface area (Å²) >= 11 is 1.81. The van der Waals surface area contributed by atoms with Gasteiger partial charge in [0.05, 0.1) is 5.69 Å². The van der Waals surface area contributed by atoms with E-state index in [-0.39, 0.29) is 0 Å². The van der Waals surface area contributed by atoms with E-state index in [2.05, 4.69) is 67.2 Å². The Balaban J connectivity index is 1.47. The van der Waals surface area contributed by atoms with E-state index in [9.17, 15) is 0 Å². The molecule has 0 saturated heterocycles. The van der Waals surface area contributed by atoms with E-state index in [1.807, 2.05) is 22.0 Å². The zero-order valence-electron chi connectivity index (χ0n) is 19.5. The van der Waals surface area contributed by atoms with Crippen LogP contribution in [0.5, 0.6) is 0 Å². The van der Waals surface area contributed by atoms with E-state index in [0.29, 0.717) is 17.9 Å². The van der Waals surface area contributed by atoms with Gasteiger partial charge in [-0.1, -0.05) is 13.8 Å². The second-order valence-electron chi connectivity index (χ2n) is 9.49. The van der Waals surface area contributed by atoms with Crippen molar-refractivity contribution in [1.29, 1.82) is 0 Å². The highest BCUT2D eigenvalue weighted by molar-refractivity contribution is 7.15. The summed E-state index contributed by atoms with van der Waals surface area (Å²) in [6.07, 6.45) is 10.7. The first-order valence-electron chi connectivity index (χ1n) is 11.4. The third-order valence-electron chi connectivity index (χ3n) is 6.78. The summed E-state index contributed by atoms with van der Waals surface area (Å²) in [5.41, 5.74) is 6.27. The lowest BCUT2D eigenvalue weighted by molar-refractivity contribution is 0.217. The molecule has 0 spiro atoms. The zero-order chi connectivity index (χ0) is 22.4. The highest BCUT2D eigenvalue weighted by Crippen LogP contribution is 2.41. The average Bonchev–Trinajstić information content (AvgIpc) is 3.51. The van der Waals surface area contributed by atoms with Crippen molar-refractivity contribution in [2.75, 3.05) is 14.1 Å². The van der Waals surface area contributed by atoms with Crippen molar-refractivity contribution in [2.45, 2.75) is 64.3 Å². The van der Waals surface area contributed by atoms with E-state index in [1.54, 1.807) is 6.33 Å². The van der Waals surface area contributed by atoms with Gasteiger partial charge in [0, 0.05) is 34.4 Å². The standard InChI is InChI=1S/C24H31N7S/c1-14(2)20-21(17-10-15(3)23-26-13-27-31(23)12-17)28-29-22(20)24-25-11-19(32-24)16-6-8-18(9-7-16)30(4)5/h10-14,16,18H,6-9H2,1-5H3,(H,28,29). The van der Waals surface area contributed by atoms with E-state index in [4.69, 9.17) is 10.1 Å². The maximum Gasteiger partial charge on any atom is 0.158 e. The Labute approximate surface area is 192 Å². The number of pyridine rings is 1. The second-order valence-corrected chi connectivity index (χ2v) is 10.6. The highest BCUT2D eigenvalue weighted by atomic mass is 32.1. The number of aromatic nitrogens is 6. The van der Waals surface area contributed by atoms with Crippen LogP contribution in [0.25, 0.3) is 27.6 Å². The van der Waals surface area contributed by atoms with Gasteiger partial charge in [-0.3, -0.25) is 5.10 Å². The Morgan fingerprint density at radius 2 is 1.94 bits per heavy atom. The summed E-state index contributed by atoms with van der Waals surface area (Å²) in [6, 6.07) is 2.87. The molecule has 5 rings (SSSR count). The van der Waals surface area contributed by atoms with Gasteiger partial charge in [-0.05, 0) is 70.2 Å².